The first-order valence-corrected chi connectivity index (χ1v) is 11.2. The van der Waals surface area contributed by atoms with Crippen LogP contribution in [0.25, 0.3) is 0 Å². The van der Waals surface area contributed by atoms with Gasteiger partial charge in [0.2, 0.25) is 5.91 Å². The highest BCUT2D eigenvalue weighted by atomic mass is 19.4. The summed E-state index contributed by atoms with van der Waals surface area (Å²) in [6.07, 6.45) is 0.111. The lowest BCUT2D eigenvalue weighted by atomic mass is 9.96. The van der Waals surface area contributed by atoms with Crippen LogP contribution < -0.4 is 20.7 Å². The van der Waals surface area contributed by atoms with Crippen LogP contribution in [0.2, 0.25) is 0 Å². The Morgan fingerprint density at radius 3 is 2.29 bits per heavy atom. The molecule has 1 aromatic carbocycles. The average molecular weight is 476 g/mol. The number of para-hydroxylation sites is 1. The molecule has 2 aliphatic rings. The zero-order valence-electron chi connectivity index (χ0n) is 18.9. The SMILES string of the molecule is CC(C)(Oc1ccccc1C(F)(F)F)C(=O)NC1CC2CCC(C1)N2c1ccc(C(N)=O)cn1. The van der Waals surface area contributed by atoms with E-state index in [1.807, 2.05) is 0 Å². The number of primary amides is 1. The van der Waals surface area contributed by atoms with E-state index < -0.39 is 29.2 Å². The number of hydrogen-bond donors (Lipinski definition) is 2. The van der Waals surface area contributed by atoms with Crippen LogP contribution in [0, 0.1) is 0 Å². The summed E-state index contributed by atoms with van der Waals surface area (Å²) in [4.78, 5) is 30.9. The highest BCUT2D eigenvalue weighted by Gasteiger charge is 2.43. The lowest BCUT2D eigenvalue weighted by Gasteiger charge is -2.41. The first-order chi connectivity index (χ1) is 16.0. The van der Waals surface area contributed by atoms with Gasteiger partial charge in [-0.05, 0) is 63.8 Å². The maximum Gasteiger partial charge on any atom is 0.419 e. The normalized spacial score (nSPS) is 22.4. The standard InChI is InChI=1S/C24H27F3N4O3/c1-23(2,34-19-6-4-3-5-18(19)24(25,26)27)22(33)30-15-11-16-8-9-17(12-15)31(16)20-10-7-14(13-29-20)21(28)32/h3-7,10,13,15-17H,8-9,11-12H2,1-2H3,(H2,28,32)(H,30,33). The van der Waals surface area contributed by atoms with Crippen molar-refractivity contribution in [2.24, 2.45) is 5.73 Å². The minimum atomic E-state index is -4.58. The second-order valence-corrected chi connectivity index (χ2v) is 9.31. The van der Waals surface area contributed by atoms with Gasteiger partial charge in [-0.25, -0.2) is 4.98 Å². The number of halogens is 3. The molecule has 3 heterocycles. The number of carbonyl (C=O) groups is 2. The maximum atomic E-state index is 13.3. The van der Waals surface area contributed by atoms with Gasteiger partial charge in [0.15, 0.2) is 5.60 Å². The Labute approximate surface area is 195 Å². The third-order valence-electron chi connectivity index (χ3n) is 6.47. The number of carbonyl (C=O) groups excluding carboxylic acids is 2. The zero-order valence-corrected chi connectivity index (χ0v) is 18.9. The van der Waals surface area contributed by atoms with Crippen LogP contribution in [0.3, 0.4) is 0 Å². The Morgan fingerprint density at radius 2 is 1.74 bits per heavy atom. The number of amides is 2. The molecule has 2 unspecified atom stereocenters. The van der Waals surface area contributed by atoms with Gasteiger partial charge in [-0.15, -0.1) is 0 Å². The number of hydrogen-bond acceptors (Lipinski definition) is 5. The lowest BCUT2D eigenvalue weighted by Crippen LogP contribution is -2.55. The molecule has 2 fully saturated rings. The van der Waals surface area contributed by atoms with E-state index in [2.05, 4.69) is 15.2 Å². The van der Waals surface area contributed by atoms with Crippen molar-refractivity contribution in [1.29, 1.82) is 0 Å². The predicted octanol–water partition coefficient (Wildman–Crippen LogP) is 3.67. The molecule has 2 aliphatic heterocycles. The van der Waals surface area contributed by atoms with Crippen molar-refractivity contribution in [2.75, 3.05) is 4.90 Å². The topological polar surface area (TPSA) is 97.5 Å². The number of fused-ring (bicyclic) bond motifs is 2. The Bertz CT molecular complexity index is 1060. The summed E-state index contributed by atoms with van der Waals surface area (Å²) in [5, 5.41) is 2.98. The van der Waals surface area contributed by atoms with E-state index in [0.717, 1.165) is 24.7 Å². The molecule has 34 heavy (non-hydrogen) atoms. The number of aromatic nitrogens is 1. The van der Waals surface area contributed by atoms with Crippen LogP contribution in [0.1, 0.15) is 55.5 Å². The van der Waals surface area contributed by atoms with Gasteiger partial charge in [0.1, 0.15) is 11.6 Å². The van der Waals surface area contributed by atoms with Crippen molar-refractivity contribution in [3.05, 3.63) is 53.7 Å². The molecule has 1 aromatic heterocycles. The van der Waals surface area contributed by atoms with Crippen LogP contribution in [0.15, 0.2) is 42.6 Å². The number of nitrogens with two attached hydrogens (primary N) is 1. The van der Waals surface area contributed by atoms with Crippen LogP contribution in [0.4, 0.5) is 19.0 Å². The summed E-state index contributed by atoms with van der Waals surface area (Å²) in [5.41, 5.74) is 3.21. The van der Waals surface area contributed by atoms with Gasteiger partial charge in [0.05, 0.1) is 11.1 Å². The molecule has 0 spiro atoms. The quantitative estimate of drug-likeness (QED) is 0.663. The monoisotopic (exact) mass is 476 g/mol. The summed E-state index contributed by atoms with van der Waals surface area (Å²) in [7, 11) is 0. The molecule has 0 radical (unpaired) electrons. The van der Waals surface area contributed by atoms with E-state index in [1.54, 1.807) is 12.1 Å². The summed E-state index contributed by atoms with van der Waals surface area (Å²) in [6, 6.07) is 8.48. The predicted molar refractivity (Wildman–Crippen MR) is 119 cm³/mol. The van der Waals surface area contributed by atoms with Gasteiger partial charge in [0.25, 0.3) is 5.91 Å². The molecule has 3 N–H and O–H groups in total. The maximum absolute atomic E-state index is 13.3. The van der Waals surface area contributed by atoms with Crippen molar-refractivity contribution >= 4 is 17.6 Å². The molecule has 10 heteroatoms. The van der Waals surface area contributed by atoms with Crippen molar-refractivity contribution < 1.29 is 27.5 Å². The fourth-order valence-corrected chi connectivity index (χ4v) is 4.82. The van der Waals surface area contributed by atoms with E-state index in [-0.39, 0.29) is 23.9 Å². The smallest absolute Gasteiger partial charge is 0.419 e. The Morgan fingerprint density at radius 1 is 1.09 bits per heavy atom. The van der Waals surface area contributed by atoms with Crippen LogP contribution in [-0.4, -0.2) is 40.5 Å². The molecule has 182 valence electrons. The molecule has 2 bridgehead atoms. The van der Waals surface area contributed by atoms with Gasteiger partial charge in [0, 0.05) is 24.3 Å². The van der Waals surface area contributed by atoms with Crippen LogP contribution >= 0.6 is 0 Å². The molecule has 0 saturated carbocycles. The first kappa shape index (κ1) is 23.8. The highest BCUT2D eigenvalue weighted by molar-refractivity contribution is 5.92. The molecule has 2 amide bonds. The minimum Gasteiger partial charge on any atom is -0.477 e. The zero-order chi connectivity index (χ0) is 24.7. The fourth-order valence-electron chi connectivity index (χ4n) is 4.82. The number of ether oxygens (including phenoxy) is 1. The molecule has 0 aliphatic carbocycles. The van der Waals surface area contributed by atoms with Crippen LogP contribution in [0.5, 0.6) is 5.75 Å². The Kier molecular flexibility index (Phi) is 6.18. The summed E-state index contributed by atoms with van der Waals surface area (Å²) < 4.78 is 45.5. The van der Waals surface area contributed by atoms with Crippen molar-refractivity contribution in [1.82, 2.24) is 10.3 Å². The minimum absolute atomic E-state index is 0.133. The number of nitrogens with one attached hydrogen (secondary N) is 1. The highest BCUT2D eigenvalue weighted by Crippen LogP contribution is 2.39. The number of alkyl halides is 3. The number of piperidine rings is 1. The Balaban J connectivity index is 1.42. The second kappa shape index (κ2) is 8.81. The molecule has 7 nitrogen and oxygen atoms in total. The molecule has 4 rings (SSSR count). The van der Waals surface area contributed by atoms with Gasteiger partial charge in [-0.2, -0.15) is 13.2 Å². The van der Waals surface area contributed by atoms with E-state index in [4.69, 9.17) is 10.5 Å². The molecular weight excluding hydrogens is 449 g/mol. The number of benzene rings is 1. The van der Waals surface area contributed by atoms with Crippen LogP contribution in [-0.2, 0) is 11.0 Å². The number of nitrogens with zero attached hydrogens (tertiary/aromatic N) is 2. The largest absolute Gasteiger partial charge is 0.477 e. The summed E-state index contributed by atoms with van der Waals surface area (Å²) >= 11 is 0. The molecular formula is C24H27F3N4O3. The van der Waals surface area contributed by atoms with Gasteiger partial charge >= 0.3 is 6.18 Å². The number of rotatable bonds is 6. The van der Waals surface area contributed by atoms with E-state index in [9.17, 15) is 22.8 Å². The fraction of sp³-hybridized carbons (Fsp3) is 0.458. The average Bonchev–Trinajstić information content (AvgIpc) is 3.03. The van der Waals surface area contributed by atoms with Crippen molar-refractivity contribution in [3.8, 4) is 5.75 Å². The van der Waals surface area contributed by atoms with Crippen molar-refractivity contribution in [2.45, 2.75) is 69.4 Å². The second-order valence-electron chi connectivity index (χ2n) is 9.31. The van der Waals surface area contributed by atoms with E-state index >= 15 is 0 Å². The molecule has 2 aromatic rings. The summed E-state index contributed by atoms with van der Waals surface area (Å²) in [6.45, 7) is 2.92. The lowest BCUT2D eigenvalue weighted by molar-refractivity contribution is -0.143. The first-order valence-electron chi connectivity index (χ1n) is 11.2. The molecule has 2 saturated heterocycles. The van der Waals surface area contributed by atoms with Gasteiger partial charge in [-0.1, -0.05) is 12.1 Å². The van der Waals surface area contributed by atoms with Gasteiger partial charge < -0.3 is 20.7 Å². The van der Waals surface area contributed by atoms with Crippen molar-refractivity contribution in [3.63, 3.8) is 0 Å². The summed E-state index contributed by atoms with van der Waals surface area (Å²) in [5.74, 6) is -0.623. The van der Waals surface area contributed by atoms with E-state index in [1.165, 1.54) is 38.2 Å². The number of anilines is 1. The third-order valence-corrected chi connectivity index (χ3v) is 6.47. The number of pyridine rings is 1. The van der Waals surface area contributed by atoms with Gasteiger partial charge in [-0.3, -0.25) is 9.59 Å². The molecule has 2 atom stereocenters. The Hall–Kier alpha value is -3.30. The van der Waals surface area contributed by atoms with E-state index in [0.29, 0.717) is 18.4 Å². The third kappa shape index (κ3) is 4.80.